The molecule has 0 aliphatic carbocycles. The minimum Gasteiger partial charge on any atom is -0.505 e. The van der Waals surface area contributed by atoms with E-state index >= 15 is 0 Å². The number of rotatable bonds is 5. The predicted octanol–water partition coefficient (Wildman–Crippen LogP) is 5.64. The number of pyridine rings is 1. The predicted molar refractivity (Wildman–Crippen MR) is 116 cm³/mol. The molecule has 142 valence electrons. The second-order valence-corrected chi connectivity index (χ2v) is 7.93. The molecule has 1 aromatic heterocycles. The first-order chi connectivity index (χ1) is 12.8. The Kier molecular flexibility index (Phi) is 7.00. The largest absolute Gasteiger partial charge is 0.505 e. The van der Waals surface area contributed by atoms with Crippen LogP contribution >= 0.6 is 24.2 Å². The highest BCUT2D eigenvalue weighted by atomic mass is 35.5. The van der Waals surface area contributed by atoms with E-state index in [-0.39, 0.29) is 12.4 Å². The zero-order chi connectivity index (χ0) is 17.8. The van der Waals surface area contributed by atoms with Crippen molar-refractivity contribution >= 4 is 35.1 Å². The lowest BCUT2D eigenvalue weighted by Gasteiger charge is -2.27. The Morgan fingerprint density at radius 2 is 1.74 bits per heavy atom. The van der Waals surface area contributed by atoms with Crippen molar-refractivity contribution in [1.29, 1.82) is 0 Å². The first-order valence-corrected chi connectivity index (χ1v) is 10.3. The van der Waals surface area contributed by atoms with Crippen LogP contribution in [0.2, 0.25) is 0 Å². The van der Waals surface area contributed by atoms with E-state index in [1.54, 1.807) is 6.20 Å². The van der Waals surface area contributed by atoms with Crippen LogP contribution in [-0.2, 0) is 12.3 Å². The number of halogens is 1. The summed E-state index contributed by atoms with van der Waals surface area (Å²) in [5.41, 5.74) is 2.97. The molecule has 1 aliphatic heterocycles. The van der Waals surface area contributed by atoms with Crippen LogP contribution in [-0.4, -0.2) is 28.1 Å². The second-order valence-electron chi connectivity index (χ2n) is 6.88. The highest BCUT2D eigenvalue weighted by Crippen LogP contribution is 2.34. The standard InChI is InChI=1S/C22H24N2OS.ClH/c25-22-17(15-24-12-5-2-6-13-24)14-18(20-10-7-11-23-21(20)22)16-26-19-8-3-1-4-9-19;/h1,3-4,7-11,14,25H,2,5-6,12-13,15-16H2;1H. The Bertz CT molecular complexity index is 882. The molecule has 2 heterocycles. The Morgan fingerprint density at radius 3 is 2.52 bits per heavy atom. The third kappa shape index (κ3) is 4.75. The molecule has 0 amide bonds. The van der Waals surface area contributed by atoms with E-state index < -0.39 is 0 Å². The highest BCUT2D eigenvalue weighted by Gasteiger charge is 2.17. The number of hydrogen-bond donors (Lipinski definition) is 1. The van der Waals surface area contributed by atoms with Gasteiger partial charge in [-0.3, -0.25) is 9.88 Å². The molecular weight excluding hydrogens is 376 g/mol. The lowest BCUT2D eigenvalue weighted by molar-refractivity contribution is 0.218. The minimum absolute atomic E-state index is 0. The zero-order valence-electron chi connectivity index (χ0n) is 15.3. The molecule has 1 aliphatic rings. The fourth-order valence-electron chi connectivity index (χ4n) is 3.64. The number of fused-ring (bicyclic) bond motifs is 1. The van der Waals surface area contributed by atoms with Gasteiger partial charge in [0.1, 0.15) is 11.3 Å². The fraction of sp³-hybridized carbons (Fsp3) is 0.318. The van der Waals surface area contributed by atoms with Crippen LogP contribution in [0.5, 0.6) is 5.75 Å². The molecule has 1 N–H and O–H groups in total. The van der Waals surface area contributed by atoms with Crippen molar-refractivity contribution in [2.24, 2.45) is 0 Å². The Balaban J connectivity index is 0.00000210. The number of aromatic nitrogens is 1. The minimum atomic E-state index is 0. The fourth-order valence-corrected chi connectivity index (χ4v) is 4.55. The molecule has 0 unspecified atom stereocenters. The van der Waals surface area contributed by atoms with E-state index in [2.05, 4.69) is 46.3 Å². The van der Waals surface area contributed by atoms with Crippen LogP contribution in [0.3, 0.4) is 0 Å². The van der Waals surface area contributed by atoms with E-state index in [4.69, 9.17) is 0 Å². The maximum absolute atomic E-state index is 10.8. The number of hydrogen-bond acceptors (Lipinski definition) is 4. The van der Waals surface area contributed by atoms with Crippen molar-refractivity contribution in [2.75, 3.05) is 13.1 Å². The number of aromatic hydroxyl groups is 1. The summed E-state index contributed by atoms with van der Waals surface area (Å²) in [6.07, 6.45) is 5.59. The zero-order valence-corrected chi connectivity index (χ0v) is 16.9. The lowest BCUT2D eigenvalue weighted by Crippen LogP contribution is -2.29. The monoisotopic (exact) mass is 400 g/mol. The molecule has 1 saturated heterocycles. The van der Waals surface area contributed by atoms with Crippen molar-refractivity contribution in [1.82, 2.24) is 9.88 Å². The van der Waals surface area contributed by atoms with Crippen molar-refractivity contribution in [3.8, 4) is 5.75 Å². The molecule has 5 heteroatoms. The molecular formula is C22H25ClN2OS. The second kappa shape index (κ2) is 9.45. The molecule has 4 rings (SSSR count). The van der Waals surface area contributed by atoms with Crippen LogP contribution in [0.1, 0.15) is 30.4 Å². The average Bonchev–Trinajstić information content (AvgIpc) is 2.71. The van der Waals surface area contributed by atoms with Gasteiger partial charge in [0.2, 0.25) is 0 Å². The quantitative estimate of drug-likeness (QED) is 0.562. The van der Waals surface area contributed by atoms with Gasteiger partial charge in [0.25, 0.3) is 0 Å². The van der Waals surface area contributed by atoms with Crippen molar-refractivity contribution < 1.29 is 5.11 Å². The van der Waals surface area contributed by atoms with E-state index in [1.807, 2.05) is 23.9 Å². The SMILES string of the molecule is Cl.Oc1c(CN2CCCCC2)cc(CSc2ccccc2)c2cccnc12. The molecule has 0 bridgehead atoms. The van der Waals surface area contributed by atoms with E-state index in [0.717, 1.165) is 41.9 Å². The molecule has 0 spiro atoms. The van der Waals surface area contributed by atoms with Crippen LogP contribution in [0, 0.1) is 0 Å². The molecule has 0 atom stereocenters. The van der Waals surface area contributed by atoms with Gasteiger partial charge in [-0.15, -0.1) is 24.2 Å². The van der Waals surface area contributed by atoms with Gasteiger partial charge >= 0.3 is 0 Å². The molecule has 3 nitrogen and oxygen atoms in total. The van der Waals surface area contributed by atoms with Crippen molar-refractivity contribution in [2.45, 2.75) is 36.5 Å². The van der Waals surface area contributed by atoms with Crippen LogP contribution in [0.4, 0.5) is 0 Å². The summed E-state index contributed by atoms with van der Waals surface area (Å²) in [6, 6.07) is 16.7. The van der Waals surface area contributed by atoms with Gasteiger partial charge in [-0.2, -0.15) is 0 Å². The summed E-state index contributed by atoms with van der Waals surface area (Å²) in [7, 11) is 0. The van der Waals surface area contributed by atoms with E-state index in [0.29, 0.717) is 5.75 Å². The molecule has 0 radical (unpaired) electrons. The number of benzene rings is 2. The average molecular weight is 401 g/mol. The molecule has 0 saturated carbocycles. The van der Waals surface area contributed by atoms with Gasteiger partial charge in [-0.25, -0.2) is 0 Å². The van der Waals surface area contributed by atoms with Gasteiger partial charge in [0.05, 0.1) is 0 Å². The lowest BCUT2D eigenvalue weighted by atomic mass is 10.0. The van der Waals surface area contributed by atoms with Gasteiger partial charge in [0.15, 0.2) is 0 Å². The van der Waals surface area contributed by atoms with Crippen LogP contribution in [0.15, 0.2) is 59.6 Å². The topological polar surface area (TPSA) is 36.4 Å². The Labute approximate surface area is 171 Å². The van der Waals surface area contributed by atoms with E-state index in [1.165, 1.54) is 29.7 Å². The summed E-state index contributed by atoms with van der Waals surface area (Å²) < 4.78 is 0. The number of likely N-dealkylation sites (tertiary alicyclic amines) is 1. The van der Waals surface area contributed by atoms with Gasteiger partial charge in [0, 0.05) is 34.3 Å². The van der Waals surface area contributed by atoms with Crippen molar-refractivity contribution in [3.05, 3.63) is 65.9 Å². The third-order valence-electron chi connectivity index (χ3n) is 5.01. The molecule has 27 heavy (non-hydrogen) atoms. The number of thioether (sulfide) groups is 1. The number of nitrogens with zero attached hydrogens (tertiary/aromatic N) is 2. The number of phenolic OH excluding ortho intramolecular Hbond substituents is 1. The highest BCUT2D eigenvalue weighted by molar-refractivity contribution is 7.98. The molecule has 3 aromatic rings. The van der Waals surface area contributed by atoms with E-state index in [9.17, 15) is 5.11 Å². The summed E-state index contributed by atoms with van der Waals surface area (Å²) in [5, 5.41) is 11.8. The van der Waals surface area contributed by atoms with Gasteiger partial charge < -0.3 is 5.11 Å². The number of phenols is 1. The molecule has 2 aromatic carbocycles. The summed E-state index contributed by atoms with van der Waals surface area (Å²) in [6.45, 7) is 3.04. The normalized spacial score (nSPS) is 14.8. The van der Waals surface area contributed by atoms with Gasteiger partial charge in [-0.1, -0.05) is 30.7 Å². The Hall–Kier alpha value is -1.75. The molecule has 1 fully saturated rings. The maximum Gasteiger partial charge on any atom is 0.146 e. The number of piperidine rings is 1. The van der Waals surface area contributed by atoms with Crippen molar-refractivity contribution in [3.63, 3.8) is 0 Å². The smallest absolute Gasteiger partial charge is 0.146 e. The summed E-state index contributed by atoms with van der Waals surface area (Å²) in [4.78, 5) is 8.18. The summed E-state index contributed by atoms with van der Waals surface area (Å²) >= 11 is 1.83. The Morgan fingerprint density at radius 1 is 0.963 bits per heavy atom. The third-order valence-corrected chi connectivity index (χ3v) is 6.07. The first-order valence-electron chi connectivity index (χ1n) is 9.30. The van der Waals surface area contributed by atoms with Crippen LogP contribution in [0.25, 0.3) is 10.9 Å². The maximum atomic E-state index is 10.8. The first kappa shape index (κ1) is 20.0. The van der Waals surface area contributed by atoms with Gasteiger partial charge in [-0.05, 0) is 55.8 Å². The van der Waals surface area contributed by atoms with Crippen LogP contribution < -0.4 is 0 Å². The summed E-state index contributed by atoms with van der Waals surface area (Å²) in [5.74, 6) is 1.22.